The van der Waals surface area contributed by atoms with Crippen LogP contribution in [-0.4, -0.2) is 72.5 Å². The van der Waals surface area contributed by atoms with Crippen molar-refractivity contribution in [2.24, 2.45) is 5.92 Å². The van der Waals surface area contributed by atoms with Crippen LogP contribution in [0.3, 0.4) is 0 Å². The minimum Gasteiger partial charge on any atom is -0.379 e. The van der Waals surface area contributed by atoms with E-state index in [0.717, 1.165) is 69.0 Å². The van der Waals surface area contributed by atoms with Crippen LogP contribution in [0.25, 0.3) is 0 Å². The third-order valence-corrected chi connectivity index (χ3v) is 7.74. The number of hydrogen-bond acceptors (Lipinski definition) is 5. The Balaban J connectivity index is 1.46. The molecule has 34 heavy (non-hydrogen) atoms. The summed E-state index contributed by atoms with van der Waals surface area (Å²) in [4.78, 5) is 34.4. The average molecular weight is 484 g/mol. The highest BCUT2D eigenvalue weighted by atomic mass is 32.1. The van der Waals surface area contributed by atoms with Gasteiger partial charge >= 0.3 is 0 Å². The van der Waals surface area contributed by atoms with Gasteiger partial charge in [-0.05, 0) is 29.9 Å². The van der Waals surface area contributed by atoms with Crippen molar-refractivity contribution in [2.75, 3.05) is 45.9 Å². The first kappa shape index (κ1) is 24.9. The monoisotopic (exact) mass is 483 g/mol. The molecule has 2 amide bonds. The molecule has 1 aromatic heterocycles. The van der Waals surface area contributed by atoms with E-state index >= 15 is 0 Å². The quantitative estimate of drug-likeness (QED) is 0.512. The second-order valence-corrected chi connectivity index (χ2v) is 10.4. The molecule has 2 aromatic rings. The molecule has 0 atom stereocenters. The standard InChI is InChI=1S/C27H37N3O3S/c31-26(30(21-25-12-7-19-34-25)20-23-8-3-1-4-9-23)22-29(14-13-28-15-17-33-18-16-28)27(32)24-10-5-2-6-11-24/h1,3-4,7-9,12,19,24H,2,5-6,10-11,13-18,20-22H2. The zero-order valence-electron chi connectivity index (χ0n) is 20.1. The van der Waals surface area contributed by atoms with Gasteiger partial charge in [-0.1, -0.05) is 55.7 Å². The Bertz CT molecular complexity index is 878. The Morgan fingerprint density at radius 1 is 0.941 bits per heavy atom. The van der Waals surface area contributed by atoms with Crippen LogP contribution in [0.15, 0.2) is 47.8 Å². The van der Waals surface area contributed by atoms with Crippen LogP contribution >= 0.6 is 11.3 Å². The van der Waals surface area contributed by atoms with Gasteiger partial charge in [0.25, 0.3) is 0 Å². The zero-order chi connectivity index (χ0) is 23.6. The summed E-state index contributed by atoms with van der Waals surface area (Å²) >= 11 is 1.66. The van der Waals surface area contributed by atoms with Crippen LogP contribution < -0.4 is 0 Å². The summed E-state index contributed by atoms with van der Waals surface area (Å²) in [5, 5.41) is 2.04. The lowest BCUT2D eigenvalue weighted by atomic mass is 9.88. The molecule has 0 unspecified atom stereocenters. The Morgan fingerprint density at radius 2 is 1.71 bits per heavy atom. The number of amides is 2. The number of thiophene rings is 1. The summed E-state index contributed by atoms with van der Waals surface area (Å²) in [7, 11) is 0. The van der Waals surface area contributed by atoms with E-state index < -0.39 is 0 Å². The smallest absolute Gasteiger partial charge is 0.242 e. The van der Waals surface area contributed by atoms with E-state index in [2.05, 4.69) is 23.1 Å². The first-order valence-corrected chi connectivity index (χ1v) is 13.5. The maximum Gasteiger partial charge on any atom is 0.242 e. The molecule has 7 heteroatoms. The summed E-state index contributed by atoms with van der Waals surface area (Å²) < 4.78 is 5.47. The lowest BCUT2D eigenvalue weighted by Gasteiger charge is -2.33. The molecular weight excluding hydrogens is 446 g/mol. The Labute approximate surface area is 207 Å². The number of benzene rings is 1. The highest BCUT2D eigenvalue weighted by Gasteiger charge is 2.29. The fraction of sp³-hybridized carbons (Fsp3) is 0.556. The van der Waals surface area contributed by atoms with Crippen molar-refractivity contribution in [3.63, 3.8) is 0 Å². The fourth-order valence-electron chi connectivity index (χ4n) is 4.85. The minimum atomic E-state index is 0.0170. The Kier molecular flexibility index (Phi) is 9.53. The highest BCUT2D eigenvalue weighted by Crippen LogP contribution is 2.26. The van der Waals surface area contributed by atoms with Gasteiger partial charge in [-0.15, -0.1) is 11.3 Å². The van der Waals surface area contributed by atoms with Gasteiger partial charge in [0, 0.05) is 43.5 Å². The number of hydrogen-bond donors (Lipinski definition) is 0. The summed E-state index contributed by atoms with van der Waals surface area (Å²) in [5.41, 5.74) is 1.10. The largest absolute Gasteiger partial charge is 0.379 e. The third-order valence-electron chi connectivity index (χ3n) is 6.88. The average Bonchev–Trinajstić information content (AvgIpc) is 3.40. The fourth-order valence-corrected chi connectivity index (χ4v) is 5.57. The van der Waals surface area contributed by atoms with Gasteiger partial charge in [-0.2, -0.15) is 0 Å². The SMILES string of the molecule is O=C(CN(CCN1CCOCC1)C(=O)C1CCCCC1)N(Cc1ccccc1)Cc1cccs1. The molecule has 184 valence electrons. The normalized spacial score (nSPS) is 17.4. The van der Waals surface area contributed by atoms with E-state index in [1.54, 1.807) is 11.3 Å². The molecule has 0 spiro atoms. The minimum absolute atomic E-state index is 0.0170. The lowest BCUT2D eigenvalue weighted by molar-refractivity contribution is -0.144. The number of rotatable bonds is 10. The van der Waals surface area contributed by atoms with Crippen LogP contribution in [0.4, 0.5) is 0 Å². The van der Waals surface area contributed by atoms with Crippen molar-refractivity contribution < 1.29 is 14.3 Å². The topological polar surface area (TPSA) is 53.1 Å². The molecule has 1 aliphatic heterocycles. The van der Waals surface area contributed by atoms with Gasteiger partial charge in [0.05, 0.1) is 26.3 Å². The van der Waals surface area contributed by atoms with Crippen molar-refractivity contribution in [2.45, 2.75) is 45.2 Å². The van der Waals surface area contributed by atoms with Crippen LogP contribution in [0.5, 0.6) is 0 Å². The second-order valence-electron chi connectivity index (χ2n) is 9.36. The molecule has 1 saturated carbocycles. The molecule has 2 aliphatic rings. The van der Waals surface area contributed by atoms with Gasteiger partial charge < -0.3 is 14.5 Å². The van der Waals surface area contributed by atoms with Crippen LogP contribution in [0.2, 0.25) is 0 Å². The Morgan fingerprint density at radius 3 is 2.41 bits per heavy atom. The van der Waals surface area contributed by atoms with Gasteiger partial charge in [-0.3, -0.25) is 14.5 Å². The molecule has 4 rings (SSSR count). The van der Waals surface area contributed by atoms with Crippen molar-refractivity contribution in [1.29, 1.82) is 0 Å². The van der Waals surface area contributed by atoms with Crippen LogP contribution in [-0.2, 0) is 27.4 Å². The molecule has 2 fully saturated rings. The molecule has 0 N–H and O–H groups in total. The summed E-state index contributed by atoms with van der Waals surface area (Å²) in [5.74, 6) is 0.242. The summed E-state index contributed by atoms with van der Waals surface area (Å²) in [6.45, 7) is 5.90. The molecule has 0 radical (unpaired) electrons. The maximum absolute atomic E-state index is 13.6. The van der Waals surface area contributed by atoms with Crippen molar-refractivity contribution in [3.05, 3.63) is 58.3 Å². The Hall–Kier alpha value is -2.22. The summed E-state index contributed by atoms with van der Waals surface area (Å²) in [6, 6.07) is 14.2. The van der Waals surface area contributed by atoms with Gasteiger partial charge in [0.1, 0.15) is 0 Å². The zero-order valence-corrected chi connectivity index (χ0v) is 20.9. The van der Waals surface area contributed by atoms with Crippen molar-refractivity contribution >= 4 is 23.2 Å². The van der Waals surface area contributed by atoms with Crippen molar-refractivity contribution in [3.8, 4) is 0 Å². The number of nitrogens with zero attached hydrogens (tertiary/aromatic N) is 3. The number of ether oxygens (including phenoxy) is 1. The highest BCUT2D eigenvalue weighted by molar-refractivity contribution is 7.09. The molecule has 1 saturated heterocycles. The number of carbonyl (C=O) groups excluding carboxylic acids is 2. The van der Waals surface area contributed by atoms with Crippen LogP contribution in [0, 0.1) is 5.92 Å². The maximum atomic E-state index is 13.6. The molecule has 1 aliphatic carbocycles. The first-order valence-electron chi connectivity index (χ1n) is 12.6. The molecular formula is C27H37N3O3S. The van der Waals surface area contributed by atoms with Gasteiger partial charge in [0.2, 0.25) is 11.8 Å². The molecule has 6 nitrogen and oxygen atoms in total. The number of carbonyl (C=O) groups is 2. The van der Waals surface area contributed by atoms with Crippen molar-refractivity contribution in [1.82, 2.24) is 14.7 Å². The molecule has 2 heterocycles. The summed E-state index contributed by atoms with van der Waals surface area (Å²) in [6.07, 6.45) is 5.33. The predicted octanol–water partition coefficient (Wildman–Crippen LogP) is 4.02. The van der Waals surface area contributed by atoms with E-state index in [1.165, 1.54) is 6.42 Å². The first-order chi connectivity index (χ1) is 16.7. The van der Waals surface area contributed by atoms with Gasteiger partial charge in [-0.25, -0.2) is 0 Å². The van der Waals surface area contributed by atoms with E-state index in [0.29, 0.717) is 19.6 Å². The van der Waals surface area contributed by atoms with E-state index in [-0.39, 0.29) is 24.3 Å². The van der Waals surface area contributed by atoms with Gasteiger partial charge in [0.15, 0.2) is 0 Å². The molecule has 1 aromatic carbocycles. The predicted molar refractivity (Wildman–Crippen MR) is 135 cm³/mol. The molecule has 0 bridgehead atoms. The second kappa shape index (κ2) is 13.0. The van der Waals surface area contributed by atoms with E-state index in [4.69, 9.17) is 4.74 Å². The van der Waals surface area contributed by atoms with E-state index in [9.17, 15) is 9.59 Å². The third kappa shape index (κ3) is 7.39. The lowest BCUT2D eigenvalue weighted by Crippen LogP contribution is -2.48. The number of morpholine rings is 1. The van der Waals surface area contributed by atoms with Crippen LogP contribution in [0.1, 0.15) is 42.5 Å². The van der Waals surface area contributed by atoms with E-state index in [1.807, 2.05) is 39.4 Å².